The minimum atomic E-state index is 0.207. The normalized spacial score (nSPS) is 12.7. The van der Waals surface area contributed by atoms with E-state index in [9.17, 15) is 0 Å². The minimum absolute atomic E-state index is 0.207. The molecule has 7 heteroatoms. The fourth-order valence-corrected chi connectivity index (χ4v) is 2.43. The Morgan fingerprint density at radius 2 is 1.91 bits per heavy atom. The Morgan fingerprint density at radius 1 is 1.13 bits per heavy atom. The highest BCUT2D eigenvalue weighted by molar-refractivity contribution is 5.34. The average molecular weight is 311 g/mol. The summed E-state index contributed by atoms with van der Waals surface area (Å²) in [4.78, 5) is 0. The van der Waals surface area contributed by atoms with Crippen LogP contribution in [0.5, 0.6) is 0 Å². The van der Waals surface area contributed by atoms with Gasteiger partial charge in [0.2, 0.25) is 0 Å². The molecule has 0 aliphatic rings. The van der Waals surface area contributed by atoms with Gasteiger partial charge >= 0.3 is 0 Å². The van der Waals surface area contributed by atoms with E-state index in [2.05, 4.69) is 71.0 Å². The Bertz CT molecular complexity index is 728. The molecule has 120 valence electrons. The van der Waals surface area contributed by atoms with Gasteiger partial charge < -0.3 is 5.32 Å². The topological polar surface area (TPSA) is 73.5 Å². The first-order chi connectivity index (χ1) is 11.1. The van der Waals surface area contributed by atoms with Crippen molar-refractivity contribution in [2.24, 2.45) is 0 Å². The SMILES string of the molecule is CC(NCc1nnnn1C(C)C)c1ccc(-n2cccn2)cc1. The van der Waals surface area contributed by atoms with E-state index in [0.29, 0.717) is 6.54 Å². The van der Waals surface area contributed by atoms with Crippen molar-refractivity contribution in [1.29, 1.82) is 0 Å². The number of rotatable bonds is 6. The lowest BCUT2D eigenvalue weighted by molar-refractivity contribution is 0.468. The van der Waals surface area contributed by atoms with E-state index in [0.717, 1.165) is 11.5 Å². The lowest BCUT2D eigenvalue weighted by Gasteiger charge is -2.15. The highest BCUT2D eigenvalue weighted by Crippen LogP contribution is 2.16. The maximum Gasteiger partial charge on any atom is 0.165 e. The zero-order chi connectivity index (χ0) is 16.2. The minimum Gasteiger partial charge on any atom is -0.303 e. The first-order valence-corrected chi connectivity index (χ1v) is 7.75. The molecule has 0 fully saturated rings. The molecule has 0 bridgehead atoms. The maximum absolute atomic E-state index is 4.23. The van der Waals surface area contributed by atoms with Crippen LogP contribution in [0.1, 0.15) is 44.2 Å². The van der Waals surface area contributed by atoms with Gasteiger partial charge in [-0.15, -0.1) is 5.10 Å². The van der Waals surface area contributed by atoms with Crippen LogP contribution in [0.15, 0.2) is 42.7 Å². The molecule has 0 aliphatic carbocycles. The molecule has 0 amide bonds. The first-order valence-electron chi connectivity index (χ1n) is 7.75. The van der Waals surface area contributed by atoms with Crippen molar-refractivity contribution in [3.05, 3.63) is 54.1 Å². The molecular formula is C16H21N7. The van der Waals surface area contributed by atoms with E-state index >= 15 is 0 Å². The molecule has 1 atom stereocenters. The Balaban J connectivity index is 1.64. The van der Waals surface area contributed by atoms with E-state index in [4.69, 9.17) is 0 Å². The van der Waals surface area contributed by atoms with Crippen LogP contribution in [0, 0.1) is 0 Å². The van der Waals surface area contributed by atoms with Gasteiger partial charge in [0, 0.05) is 18.4 Å². The third-order valence-electron chi connectivity index (χ3n) is 3.78. The number of aromatic nitrogens is 6. The second-order valence-electron chi connectivity index (χ2n) is 5.78. The van der Waals surface area contributed by atoms with Gasteiger partial charge in [0.25, 0.3) is 0 Å². The maximum atomic E-state index is 4.23. The third-order valence-corrected chi connectivity index (χ3v) is 3.78. The van der Waals surface area contributed by atoms with Gasteiger partial charge in [0.15, 0.2) is 5.82 Å². The molecule has 0 spiro atoms. The zero-order valence-electron chi connectivity index (χ0n) is 13.6. The largest absolute Gasteiger partial charge is 0.303 e. The molecule has 3 aromatic rings. The highest BCUT2D eigenvalue weighted by Gasteiger charge is 2.11. The van der Waals surface area contributed by atoms with Crippen molar-refractivity contribution in [3.8, 4) is 5.69 Å². The van der Waals surface area contributed by atoms with Crippen LogP contribution >= 0.6 is 0 Å². The third kappa shape index (κ3) is 3.45. The van der Waals surface area contributed by atoms with Crippen molar-refractivity contribution in [1.82, 2.24) is 35.3 Å². The van der Waals surface area contributed by atoms with Gasteiger partial charge in [-0.2, -0.15) is 5.10 Å². The Kier molecular flexibility index (Phi) is 4.47. The molecule has 0 aliphatic heterocycles. The number of hydrogen-bond donors (Lipinski definition) is 1. The summed E-state index contributed by atoms with van der Waals surface area (Å²) in [6.45, 7) is 6.90. The Morgan fingerprint density at radius 3 is 2.57 bits per heavy atom. The summed E-state index contributed by atoms with van der Waals surface area (Å²) in [5.41, 5.74) is 2.26. The number of hydrogen-bond acceptors (Lipinski definition) is 5. The molecule has 0 saturated heterocycles. The smallest absolute Gasteiger partial charge is 0.165 e. The van der Waals surface area contributed by atoms with Gasteiger partial charge in [0.05, 0.1) is 18.3 Å². The number of nitrogens with zero attached hydrogens (tertiary/aromatic N) is 6. The summed E-state index contributed by atoms with van der Waals surface area (Å²) in [6, 6.07) is 10.7. The quantitative estimate of drug-likeness (QED) is 0.756. The van der Waals surface area contributed by atoms with E-state index in [1.165, 1.54) is 5.56 Å². The summed E-state index contributed by atoms with van der Waals surface area (Å²) in [5, 5.41) is 19.5. The van der Waals surface area contributed by atoms with Crippen molar-refractivity contribution >= 4 is 0 Å². The van der Waals surface area contributed by atoms with Crippen molar-refractivity contribution in [2.45, 2.75) is 39.4 Å². The lowest BCUT2D eigenvalue weighted by atomic mass is 10.1. The molecule has 1 unspecified atom stereocenters. The van der Waals surface area contributed by atoms with Crippen LogP contribution in [0.4, 0.5) is 0 Å². The van der Waals surface area contributed by atoms with Crippen molar-refractivity contribution in [2.75, 3.05) is 0 Å². The number of benzene rings is 1. The standard InChI is InChI=1S/C16H21N7/c1-12(2)23-16(19-20-21-23)11-17-13(3)14-5-7-15(8-6-14)22-10-4-9-18-22/h4-10,12-13,17H,11H2,1-3H3. The molecule has 3 rings (SSSR count). The van der Waals surface area contributed by atoms with Crippen LogP contribution in [0.3, 0.4) is 0 Å². The molecular weight excluding hydrogens is 290 g/mol. The summed E-state index contributed by atoms with van der Waals surface area (Å²) in [6.07, 6.45) is 3.71. The van der Waals surface area contributed by atoms with Crippen molar-refractivity contribution in [3.63, 3.8) is 0 Å². The lowest BCUT2D eigenvalue weighted by Crippen LogP contribution is -2.21. The van der Waals surface area contributed by atoms with E-state index in [-0.39, 0.29) is 12.1 Å². The second-order valence-corrected chi connectivity index (χ2v) is 5.78. The van der Waals surface area contributed by atoms with Crippen LogP contribution in [-0.2, 0) is 6.54 Å². The van der Waals surface area contributed by atoms with Gasteiger partial charge in [-0.3, -0.25) is 0 Å². The fraction of sp³-hybridized carbons (Fsp3) is 0.375. The predicted molar refractivity (Wildman–Crippen MR) is 87.0 cm³/mol. The highest BCUT2D eigenvalue weighted by atomic mass is 15.5. The van der Waals surface area contributed by atoms with Crippen LogP contribution in [0.25, 0.3) is 5.69 Å². The second kappa shape index (κ2) is 6.70. The first kappa shape index (κ1) is 15.4. The van der Waals surface area contributed by atoms with Crippen LogP contribution in [-0.4, -0.2) is 30.0 Å². The number of nitrogens with one attached hydrogen (secondary N) is 1. The fourth-order valence-electron chi connectivity index (χ4n) is 2.43. The van der Waals surface area contributed by atoms with Crippen molar-refractivity contribution < 1.29 is 0 Å². The van der Waals surface area contributed by atoms with Gasteiger partial charge in [-0.25, -0.2) is 9.36 Å². The molecule has 1 N–H and O–H groups in total. The summed E-state index contributed by atoms with van der Waals surface area (Å²) < 4.78 is 3.68. The molecule has 7 nitrogen and oxygen atoms in total. The van der Waals surface area contributed by atoms with E-state index < -0.39 is 0 Å². The zero-order valence-corrected chi connectivity index (χ0v) is 13.6. The van der Waals surface area contributed by atoms with Gasteiger partial charge in [0.1, 0.15) is 0 Å². The average Bonchev–Trinajstić information content (AvgIpc) is 3.24. The Hall–Kier alpha value is -2.54. The Labute approximate surface area is 135 Å². The molecule has 2 aromatic heterocycles. The predicted octanol–water partition coefficient (Wildman–Crippen LogP) is 2.29. The molecule has 0 radical (unpaired) electrons. The summed E-state index contributed by atoms with van der Waals surface area (Å²) in [5.74, 6) is 0.847. The van der Waals surface area contributed by atoms with E-state index in [1.54, 1.807) is 6.20 Å². The monoisotopic (exact) mass is 311 g/mol. The molecule has 2 heterocycles. The molecule has 1 aromatic carbocycles. The van der Waals surface area contributed by atoms with Crippen LogP contribution < -0.4 is 5.32 Å². The van der Waals surface area contributed by atoms with Gasteiger partial charge in [-0.05, 0) is 55.0 Å². The van der Waals surface area contributed by atoms with Crippen LogP contribution in [0.2, 0.25) is 0 Å². The summed E-state index contributed by atoms with van der Waals surface area (Å²) in [7, 11) is 0. The van der Waals surface area contributed by atoms with Gasteiger partial charge in [-0.1, -0.05) is 12.1 Å². The van der Waals surface area contributed by atoms with E-state index in [1.807, 2.05) is 21.6 Å². The number of tetrazole rings is 1. The molecule has 23 heavy (non-hydrogen) atoms. The summed E-state index contributed by atoms with van der Waals surface area (Å²) >= 11 is 0. The molecule has 0 saturated carbocycles.